The third-order valence-corrected chi connectivity index (χ3v) is 3.37. The Morgan fingerprint density at radius 2 is 2.18 bits per heavy atom. The van der Waals surface area contributed by atoms with Crippen molar-refractivity contribution in [2.75, 3.05) is 18.5 Å². The molecule has 1 aromatic rings. The summed E-state index contributed by atoms with van der Waals surface area (Å²) in [6.07, 6.45) is 3.43. The molecule has 0 saturated carbocycles. The maximum Gasteiger partial charge on any atom is 0.127 e. The first-order valence-electron chi connectivity index (χ1n) is 5.90. The van der Waals surface area contributed by atoms with Crippen LogP contribution in [0.1, 0.15) is 32.3 Å². The molecule has 0 saturated heterocycles. The van der Waals surface area contributed by atoms with Gasteiger partial charge in [0, 0.05) is 18.2 Å². The SMILES string of the molecule is CCC(CC)(CO)CNc1cc(C#N)ccn1. The van der Waals surface area contributed by atoms with Crippen LogP contribution in [-0.4, -0.2) is 23.2 Å². The zero-order valence-corrected chi connectivity index (χ0v) is 10.4. The molecule has 1 rings (SSSR count). The lowest BCUT2D eigenvalue weighted by Crippen LogP contribution is -2.32. The molecule has 0 aliphatic heterocycles. The van der Waals surface area contributed by atoms with Crippen LogP contribution < -0.4 is 5.32 Å². The topological polar surface area (TPSA) is 68.9 Å². The van der Waals surface area contributed by atoms with Gasteiger partial charge in [0.25, 0.3) is 0 Å². The summed E-state index contributed by atoms with van der Waals surface area (Å²) in [5.74, 6) is 0.684. The van der Waals surface area contributed by atoms with E-state index in [1.165, 1.54) is 0 Å². The highest BCUT2D eigenvalue weighted by Crippen LogP contribution is 2.25. The fourth-order valence-electron chi connectivity index (χ4n) is 1.65. The summed E-state index contributed by atoms with van der Waals surface area (Å²) in [5, 5.41) is 21.4. The number of nitrogens with one attached hydrogen (secondary N) is 1. The molecule has 0 atom stereocenters. The Morgan fingerprint density at radius 1 is 1.47 bits per heavy atom. The fourth-order valence-corrected chi connectivity index (χ4v) is 1.65. The van der Waals surface area contributed by atoms with E-state index in [4.69, 9.17) is 5.26 Å². The number of nitriles is 1. The largest absolute Gasteiger partial charge is 0.396 e. The minimum atomic E-state index is -0.107. The highest BCUT2D eigenvalue weighted by atomic mass is 16.3. The summed E-state index contributed by atoms with van der Waals surface area (Å²) in [6, 6.07) is 5.46. The first-order chi connectivity index (χ1) is 8.19. The number of aliphatic hydroxyl groups is 1. The van der Waals surface area contributed by atoms with Crippen LogP contribution in [0.4, 0.5) is 5.82 Å². The van der Waals surface area contributed by atoms with Crippen molar-refractivity contribution in [2.45, 2.75) is 26.7 Å². The molecule has 17 heavy (non-hydrogen) atoms. The Balaban J connectivity index is 2.69. The van der Waals surface area contributed by atoms with E-state index >= 15 is 0 Å². The fraction of sp³-hybridized carbons (Fsp3) is 0.538. The number of hydrogen-bond donors (Lipinski definition) is 2. The molecular formula is C13H19N3O. The van der Waals surface area contributed by atoms with Crippen molar-refractivity contribution in [2.24, 2.45) is 5.41 Å². The van der Waals surface area contributed by atoms with Gasteiger partial charge in [-0.15, -0.1) is 0 Å². The number of aliphatic hydroxyl groups excluding tert-OH is 1. The van der Waals surface area contributed by atoms with E-state index in [-0.39, 0.29) is 12.0 Å². The molecule has 0 spiro atoms. The van der Waals surface area contributed by atoms with Crippen molar-refractivity contribution in [1.82, 2.24) is 4.98 Å². The summed E-state index contributed by atoms with van der Waals surface area (Å²) >= 11 is 0. The number of anilines is 1. The predicted molar refractivity (Wildman–Crippen MR) is 67.5 cm³/mol. The molecule has 0 aliphatic rings. The van der Waals surface area contributed by atoms with Gasteiger partial charge < -0.3 is 10.4 Å². The van der Waals surface area contributed by atoms with E-state index in [1.54, 1.807) is 18.3 Å². The molecule has 0 aromatic carbocycles. The first kappa shape index (κ1) is 13.5. The molecule has 0 aliphatic carbocycles. The van der Waals surface area contributed by atoms with Crippen molar-refractivity contribution in [3.63, 3.8) is 0 Å². The second-order valence-electron chi connectivity index (χ2n) is 4.26. The molecule has 2 N–H and O–H groups in total. The zero-order chi connectivity index (χ0) is 12.7. The van der Waals surface area contributed by atoms with Crippen LogP contribution in [0.15, 0.2) is 18.3 Å². The lowest BCUT2D eigenvalue weighted by atomic mass is 9.83. The van der Waals surface area contributed by atoms with Gasteiger partial charge in [-0.1, -0.05) is 13.8 Å². The van der Waals surface area contributed by atoms with Crippen molar-refractivity contribution in [3.8, 4) is 6.07 Å². The number of hydrogen-bond acceptors (Lipinski definition) is 4. The number of pyridine rings is 1. The van der Waals surface area contributed by atoms with Crippen LogP contribution in [-0.2, 0) is 0 Å². The molecule has 4 heteroatoms. The predicted octanol–water partition coefficient (Wildman–Crippen LogP) is 2.16. The van der Waals surface area contributed by atoms with Gasteiger partial charge in [0.05, 0.1) is 18.2 Å². The van der Waals surface area contributed by atoms with Crippen molar-refractivity contribution < 1.29 is 5.11 Å². The van der Waals surface area contributed by atoms with Gasteiger partial charge in [-0.05, 0) is 25.0 Å². The van der Waals surface area contributed by atoms with E-state index in [0.29, 0.717) is 17.9 Å². The third kappa shape index (κ3) is 3.43. The molecular weight excluding hydrogens is 214 g/mol. The van der Waals surface area contributed by atoms with Crippen LogP contribution in [0.3, 0.4) is 0 Å². The maximum absolute atomic E-state index is 9.44. The number of aromatic nitrogens is 1. The Kier molecular flexibility index (Phi) is 4.92. The zero-order valence-electron chi connectivity index (χ0n) is 10.4. The molecule has 0 bridgehead atoms. The lowest BCUT2D eigenvalue weighted by Gasteiger charge is -2.29. The van der Waals surface area contributed by atoms with E-state index in [1.807, 2.05) is 0 Å². The molecule has 0 amide bonds. The van der Waals surface area contributed by atoms with Gasteiger partial charge in [-0.25, -0.2) is 4.98 Å². The molecule has 4 nitrogen and oxygen atoms in total. The minimum Gasteiger partial charge on any atom is -0.396 e. The molecule has 0 fully saturated rings. The van der Waals surface area contributed by atoms with E-state index in [9.17, 15) is 5.11 Å². The summed E-state index contributed by atoms with van der Waals surface area (Å²) in [4.78, 5) is 4.15. The minimum absolute atomic E-state index is 0.107. The Bertz CT molecular complexity index is 386. The van der Waals surface area contributed by atoms with Crippen LogP contribution in [0.5, 0.6) is 0 Å². The monoisotopic (exact) mass is 233 g/mol. The lowest BCUT2D eigenvalue weighted by molar-refractivity contribution is 0.127. The third-order valence-electron chi connectivity index (χ3n) is 3.37. The highest BCUT2D eigenvalue weighted by molar-refractivity contribution is 5.42. The summed E-state index contributed by atoms with van der Waals surface area (Å²) < 4.78 is 0. The second-order valence-corrected chi connectivity index (χ2v) is 4.26. The molecule has 0 unspecified atom stereocenters. The average molecular weight is 233 g/mol. The highest BCUT2D eigenvalue weighted by Gasteiger charge is 2.24. The van der Waals surface area contributed by atoms with Crippen LogP contribution in [0.25, 0.3) is 0 Å². The van der Waals surface area contributed by atoms with Gasteiger partial charge in [-0.2, -0.15) is 5.26 Å². The van der Waals surface area contributed by atoms with Gasteiger partial charge in [0.15, 0.2) is 0 Å². The summed E-state index contributed by atoms with van der Waals surface area (Å²) in [5.41, 5.74) is 0.481. The van der Waals surface area contributed by atoms with E-state index in [0.717, 1.165) is 12.8 Å². The normalized spacial score (nSPS) is 10.9. The van der Waals surface area contributed by atoms with Crippen LogP contribution in [0.2, 0.25) is 0 Å². The van der Waals surface area contributed by atoms with Gasteiger partial charge >= 0.3 is 0 Å². The van der Waals surface area contributed by atoms with Crippen LogP contribution >= 0.6 is 0 Å². The summed E-state index contributed by atoms with van der Waals surface area (Å²) in [6.45, 7) is 4.96. The van der Waals surface area contributed by atoms with Crippen LogP contribution in [0, 0.1) is 16.7 Å². The Hall–Kier alpha value is -1.60. The molecule has 1 aromatic heterocycles. The standard InChI is InChI=1S/C13H19N3O/c1-3-13(4-2,10-17)9-16-12-7-11(8-14)5-6-15-12/h5-7,17H,3-4,9-10H2,1-2H3,(H,15,16). The van der Waals surface area contributed by atoms with Crippen molar-refractivity contribution in [3.05, 3.63) is 23.9 Å². The van der Waals surface area contributed by atoms with E-state index < -0.39 is 0 Å². The van der Waals surface area contributed by atoms with Crippen molar-refractivity contribution >= 4 is 5.82 Å². The van der Waals surface area contributed by atoms with Gasteiger partial charge in [-0.3, -0.25) is 0 Å². The molecule has 1 heterocycles. The number of rotatable bonds is 6. The molecule has 92 valence electrons. The number of nitrogens with zero attached hydrogens (tertiary/aromatic N) is 2. The maximum atomic E-state index is 9.44. The molecule has 0 radical (unpaired) electrons. The average Bonchev–Trinajstić information content (AvgIpc) is 2.41. The first-order valence-corrected chi connectivity index (χ1v) is 5.90. The van der Waals surface area contributed by atoms with Crippen molar-refractivity contribution in [1.29, 1.82) is 5.26 Å². The Morgan fingerprint density at radius 3 is 2.71 bits per heavy atom. The quantitative estimate of drug-likeness (QED) is 0.790. The van der Waals surface area contributed by atoms with E-state index in [2.05, 4.69) is 30.2 Å². The van der Waals surface area contributed by atoms with Gasteiger partial charge in [0.2, 0.25) is 0 Å². The Labute approximate surface area is 102 Å². The smallest absolute Gasteiger partial charge is 0.127 e. The second kappa shape index (κ2) is 6.21. The summed E-state index contributed by atoms with van der Waals surface area (Å²) in [7, 11) is 0. The van der Waals surface area contributed by atoms with Gasteiger partial charge in [0.1, 0.15) is 5.82 Å².